The van der Waals surface area contributed by atoms with Crippen molar-refractivity contribution in [3.05, 3.63) is 70.0 Å². The predicted octanol–water partition coefficient (Wildman–Crippen LogP) is 3.58. The molecule has 0 atom stereocenters. The molecule has 1 aromatic heterocycles. The summed E-state index contributed by atoms with van der Waals surface area (Å²) in [5.74, 6) is -0.282. The second-order valence-electron chi connectivity index (χ2n) is 4.32. The normalized spacial score (nSPS) is 11.1. The molecule has 0 spiro atoms. The third-order valence-electron chi connectivity index (χ3n) is 2.66. The topological polar surface area (TPSA) is 54.4 Å². The lowest BCUT2D eigenvalue weighted by atomic mass is 10.2. The highest BCUT2D eigenvalue weighted by Crippen LogP contribution is 2.11. The van der Waals surface area contributed by atoms with E-state index in [2.05, 4.69) is 31.4 Å². The van der Waals surface area contributed by atoms with Crippen molar-refractivity contribution in [2.24, 2.45) is 5.10 Å². The molecule has 2 rings (SSSR count). The first-order valence-electron chi connectivity index (χ1n) is 6.33. The van der Waals surface area contributed by atoms with Crippen LogP contribution in [0, 0.1) is 6.92 Å². The van der Waals surface area contributed by atoms with Crippen LogP contribution in [0.3, 0.4) is 0 Å². The van der Waals surface area contributed by atoms with Crippen molar-refractivity contribution >= 4 is 34.1 Å². The van der Waals surface area contributed by atoms with Crippen molar-refractivity contribution in [3.63, 3.8) is 0 Å². The number of halogens is 1. The number of aryl methyl sites for hydroxylation is 1. The van der Waals surface area contributed by atoms with E-state index in [1.54, 1.807) is 18.2 Å². The van der Waals surface area contributed by atoms with E-state index in [-0.39, 0.29) is 5.91 Å². The summed E-state index contributed by atoms with van der Waals surface area (Å²) in [6.45, 7) is 1.87. The zero-order valence-corrected chi connectivity index (χ0v) is 13.0. The van der Waals surface area contributed by atoms with E-state index in [1.165, 1.54) is 12.4 Å². The standard InChI is InChI=1S/C16H14BrN3O/c1-12-4-7-14(11-18-12)16(21)20-19-10-2-3-13-5-8-15(17)9-6-13/h2-11H,1H3,(H,20,21)/b3-2+,19-10?. The van der Waals surface area contributed by atoms with Gasteiger partial charge in [-0.05, 0) is 42.8 Å². The van der Waals surface area contributed by atoms with Crippen molar-refractivity contribution < 1.29 is 4.79 Å². The molecule has 0 unspecified atom stereocenters. The van der Waals surface area contributed by atoms with Crippen LogP contribution in [0.25, 0.3) is 6.08 Å². The fourth-order valence-corrected chi connectivity index (χ4v) is 1.80. The van der Waals surface area contributed by atoms with E-state index < -0.39 is 0 Å². The quantitative estimate of drug-likeness (QED) is 0.681. The van der Waals surface area contributed by atoms with Crippen LogP contribution in [0.2, 0.25) is 0 Å². The molecule has 0 aliphatic heterocycles. The van der Waals surface area contributed by atoms with Crippen molar-refractivity contribution in [1.29, 1.82) is 0 Å². The second-order valence-corrected chi connectivity index (χ2v) is 5.23. The number of benzene rings is 1. The summed E-state index contributed by atoms with van der Waals surface area (Å²) in [5, 5.41) is 3.85. The van der Waals surface area contributed by atoms with Gasteiger partial charge in [0, 0.05) is 22.6 Å². The van der Waals surface area contributed by atoms with Crippen LogP contribution in [0.4, 0.5) is 0 Å². The van der Waals surface area contributed by atoms with E-state index in [9.17, 15) is 4.79 Å². The van der Waals surface area contributed by atoms with Crippen molar-refractivity contribution in [2.75, 3.05) is 0 Å². The summed E-state index contributed by atoms with van der Waals surface area (Å²) in [6.07, 6.45) is 6.71. The first kappa shape index (κ1) is 15.1. The molecule has 0 aliphatic rings. The number of hydrazone groups is 1. The van der Waals surface area contributed by atoms with Gasteiger partial charge in [-0.3, -0.25) is 9.78 Å². The van der Waals surface area contributed by atoms with E-state index in [0.29, 0.717) is 5.56 Å². The molecule has 5 heteroatoms. The summed E-state index contributed by atoms with van der Waals surface area (Å²) in [6, 6.07) is 11.4. The first-order valence-corrected chi connectivity index (χ1v) is 7.13. The zero-order chi connectivity index (χ0) is 15.1. The Bertz CT molecular complexity index is 661. The lowest BCUT2D eigenvalue weighted by molar-refractivity contribution is 0.0955. The van der Waals surface area contributed by atoms with E-state index in [1.807, 2.05) is 37.3 Å². The van der Waals surface area contributed by atoms with Gasteiger partial charge in [-0.1, -0.05) is 34.1 Å². The number of hydrogen-bond acceptors (Lipinski definition) is 3. The van der Waals surface area contributed by atoms with Gasteiger partial charge in [-0.15, -0.1) is 0 Å². The molecule has 1 N–H and O–H groups in total. The maximum atomic E-state index is 11.7. The monoisotopic (exact) mass is 343 g/mol. The first-order chi connectivity index (χ1) is 10.1. The molecule has 1 heterocycles. The van der Waals surface area contributed by atoms with Gasteiger partial charge in [-0.25, -0.2) is 5.43 Å². The van der Waals surface area contributed by atoms with Gasteiger partial charge in [-0.2, -0.15) is 5.10 Å². The zero-order valence-electron chi connectivity index (χ0n) is 11.5. The maximum Gasteiger partial charge on any atom is 0.272 e. The Morgan fingerprint density at radius 3 is 2.67 bits per heavy atom. The highest BCUT2D eigenvalue weighted by atomic mass is 79.9. The largest absolute Gasteiger partial charge is 0.272 e. The molecule has 21 heavy (non-hydrogen) atoms. The third-order valence-corrected chi connectivity index (χ3v) is 3.19. The Morgan fingerprint density at radius 1 is 1.24 bits per heavy atom. The van der Waals surface area contributed by atoms with Crippen molar-refractivity contribution in [2.45, 2.75) is 6.92 Å². The number of amides is 1. The van der Waals surface area contributed by atoms with Crippen molar-refractivity contribution in [3.8, 4) is 0 Å². The molecule has 0 saturated carbocycles. The molecule has 0 radical (unpaired) electrons. The molecule has 0 bridgehead atoms. The Balaban J connectivity index is 1.86. The van der Waals surface area contributed by atoms with Gasteiger partial charge in [0.25, 0.3) is 5.91 Å². The molecule has 1 aromatic carbocycles. The van der Waals surface area contributed by atoms with Gasteiger partial charge >= 0.3 is 0 Å². The fraction of sp³-hybridized carbons (Fsp3) is 0.0625. The number of nitrogens with one attached hydrogen (secondary N) is 1. The summed E-state index contributed by atoms with van der Waals surface area (Å²) < 4.78 is 1.03. The number of carbonyl (C=O) groups is 1. The van der Waals surface area contributed by atoms with Crippen LogP contribution in [0.5, 0.6) is 0 Å². The highest BCUT2D eigenvalue weighted by molar-refractivity contribution is 9.10. The van der Waals surface area contributed by atoms with Crippen LogP contribution in [0.15, 0.2) is 58.2 Å². The predicted molar refractivity (Wildman–Crippen MR) is 88.1 cm³/mol. The van der Waals surface area contributed by atoms with Crippen LogP contribution in [-0.4, -0.2) is 17.1 Å². The molecule has 106 valence electrons. The number of rotatable bonds is 4. The summed E-state index contributed by atoms with van der Waals surface area (Å²) in [4.78, 5) is 15.8. The van der Waals surface area contributed by atoms with Crippen molar-refractivity contribution in [1.82, 2.24) is 10.4 Å². The minimum atomic E-state index is -0.282. The second kappa shape index (κ2) is 7.50. The summed E-state index contributed by atoms with van der Waals surface area (Å²) >= 11 is 3.38. The highest BCUT2D eigenvalue weighted by Gasteiger charge is 2.02. The molecular weight excluding hydrogens is 330 g/mol. The molecule has 1 amide bonds. The van der Waals surface area contributed by atoms with Gasteiger partial charge in [0.1, 0.15) is 0 Å². The number of carbonyl (C=O) groups excluding carboxylic acids is 1. The molecule has 0 aliphatic carbocycles. The smallest absolute Gasteiger partial charge is 0.267 e. The lowest BCUT2D eigenvalue weighted by Crippen LogP contribution is -2.17. The van der Waals surface area contributed by atoms with Gasteiger partial charge in [0.05, 0.1) is 5.56 Å². The summed E-state index contributed by atoms with van der Waals surface area (Å²) in [5.41, 5.74) is 4.85. The average Bonchev–Trinajstić information content (AvgIpc) is 2.49. The number of nitrogens with zero attached hydrogens (tertiary/aromatic N) is 2. The van der Waals surface area contributed by atoms with E-state index >= 15 is 0 Å². The fourth-order valence-electron chi connectivity index (χ4n) is 1.53. The molecular formula is C16H14BrN3O. The molecule has 0 saturated heterocycles. The molecule has 4 nitrogen and oxygen atoms in total. The Hall–Kier alpha value is -2.27. The Labute approximate surface area is 131 Å². The summed E-state index contributed by atoms with van der Waals surface area (Å²) in [7, 11) is 0. The van der Waals surface area contributed by atoms with Crippen LogP contribution >= 0.6 is 15.9 Å². The molecule has 2 aromatic rings. The number of pyridine rings is 1. The number of hydrogen-bond donors (Lipinski definition) is 1. The van der Waals surface area contributed by atoms with Gasteiger partial charge in [0.2, 0.25) is 0 Å². The van der Waals surface area contributed by atoms with Crippen LogP contribution in [0.1, 0.15) is 21.6 Å². The Kier molecular flexibility index (Phi) is 5.40. The Morgan fingerprint density at radius 2 is 2.00 bits per heavy atom. The molecule has 0 fully saturated rings. The SMILES string of the molecule is Cc1ccc(C(=O)NN=C/C=C/c2ccc(Br)cc2)cn1. The van der Waals surface area contributed by atoms with E-state index in [4.69, 9.17) is 0 Å². The van der Waals surface area contributed by atoms with Crippen LogP contribution < -0.4 is 5.43 Å². The average molecular weight is 344 g/mol. The minimum absolute atomic E-state index is 0.282. The van der Waals surface area contributed by atoms with E-state index in [0.717, 1.165) is 15.7 Å². The number of aromatic nitrogens is 1. The third kappa shape index (κ3) is 4.96. The van der Waals surface area contributed by atoms with Crippen LogP contribution in [-0.2, 0) is 0 Å². The van der Waals surface area contributed by atoms with Gasteiger partial charge < -0.3 is 0 Å². The number of allylic oxidation sites excluding steroid dienone is 1. The van der Waals surface area contributed by atoms with Gasteiger partial charge in [0.15, 0.2) is 0 Å². The lowest BCUT2D eigenvalue weighted by Gasteiger charge is -1.98. The maximum absolute atomic E-state index is 11.7. The minimum Gasteiger partial charge on any atom is -0.267 e.